The lowest BCUT2D eigenvalue weighted by atomic mass is 10.4. The third-order valence-corrected chi connectivity index (χ3v) is 3.23. The normalized spacial score (nSPS) is 41.1. The van der Waals surface area contributed by atoms with Crippen LogP contribution in [0.2, 0.25) is 0 Å². The summed E-state index contributed by atoms with van der Waals surface area (Å²) in [6.45, 7) is 0. The van der Waals surface area contributed by atoms with Crippen LogP contribution in [0.15, 0.2) is 0 Å². The molecular formula is C4H6F2O2S. The SMILES string of the molecule is O=S1(=O)C(F)CCC1F. The van der Waals surface area contributed by atoms with Crippen molar-refractivity contribution < 1.29 is 17.2 Å². The van der Waals surface area contributed by atoms with E-state index in [-0.39, 0.29) is 12.8 Å². The monoisotopic (exact) mass is 156 g/mol. The lowest BCUT2D eigenvalue weighted by Crippen LogP contribution is -2.15. The summed E-state index contributed by atoms with van der Waals surface area (Å²) in [6.07, 6.45) is -0.382. The predicted octanol–water partition coefficient (Wildman–Crippen LogP) is 0.786. The fourth-order valence-electron chi connectivity index (χ4n) is 0.751. The number of hydrogen-bond donors (Lipinski definition) is 0. The Kier molecular flexibility index (Phi) is 1.46. The Hall–Kier alpha value is -0.190. The largest absolute Gasteiger partial charge is 0.230 e. The van der Waals surface area contributed by atoms with Crippen LogP contribution in [0.4, 0.5) is 8.78 Å². The van der Waals surface area contributed by atoms with Crippen LogP contribution in [0.5, 0.6) is 0 Å². The number of halogens is 2. The highest BCUT2D eigenvalue weighted by Gasteiger charge is 2.41. The average molecular weight is 156 g/mol. The maximum atomic E-state index is 12.1. The molecule has 0 N–H and O–H groups in total. The van der Waals surface area contributed by atoms with Crippen molar-refractivity contribution in [2.24, 2.45) is 0 Å². The number of hydrogen-bond acceptors (Lipinski definition) is 2. The number of sulfone groups is 1. The molecule has 2 nitrogen and oxygen atoms in total. The van der Waals surface area contributed by atoms with Gasteiger partial charge in [-0.3, -0.25) is 0 Å². The first-order valence-electron chi connectivity index (χ1n) is 2.56. The van der Waals surface area contributed by atoms with Crippen molar-refractivity contribution in [3.63, 3.8) is 0 Å². The van der Waals surface area contributed by atoms with Crippen molar-refractivity contribution in [1.82, 2.24) is 0 Å². The molecule has 1 aliphatic heterocycles. The van der Waals surface area contributed by atoms with Gasteiger partial charge in [-0.15, -0.1) is 0 Å². The fraction of sp³-hybridized carbons (Fsp3) is 1.00. The summed E-state index contributed by atoms with van der Waals surface area (Å²) in [5.41, 5.74) is -3.93. The second-order valence-corrected chi connectivity index (χ2v) is 4.19. The van der Waals surface area contributed by atoms with E-state index in [1.54, 1.807) is 0 Å². The first kappa shape index (κ1) is 6.92. The van der Waals surface area contributed by atoms with E-state index in [0.29, 0.717) is 0 Å². The predicted molar refractivity (Wildman–Crippen MR) is 27.9 cm³/mol. The third kappa shape index (κ3) is 0.933. The second-order valence-electron chi connectivity index (χ2n) is 1.99. The summed E-state index contributed by atoms with van der Waals surface area (Å²) < 4.78 is 44.9. The molecule has 0 aromatic carbocycles. The lowest BCUT2D eigenvalue weighted by Gasteiger charge is -1.96. The van der Waals surface area contributed by atoms with Crippen LogP contribution in [0.25, 0.3) is 0 Å². The van der Waals surface area contributed by atoms with E-state index in [1.165, 1.54) is 0 Å². The van der Waals surface area contributed by atoms with E-state index >= 15 is 0 Å². The minimum atomic E-state index is -4.04. The molecule has 1 saturated heterocycles. The van der Waals surface area contributed by atoms with Gasteiger partial charge >= 0.3 is 0 Å². The van der Waals surface area contributed by atoms with Gasteiger partial charge in [-0.1, -0.05) is 0 Å². The maximum absolute atomic E-state index is 12.1. The summed E-state index contributed by atoms with van der Waals surface area (Å²) in [4.78, 5) is 0. The van der Waals surface area contributed by atoms with E-state index in [2.05, 4.69) is 0 Å². The Morgan fingerprint density at radius 2 is 1.44 bits per heavy atom. The van der Waals surface area contributed by atoms with Crippen LogP contribution in [-0.4, -0.2) is 19.4 Å². The average Bonchev–Trinajstić information content (AvgIpc) is 1.96. The second kappa shape index (κ2) is 1.90. The van der Waals surface area contributed by atoms with Gasteiger partial charge in [0.15, 0.2) is 0 Å². The molecule has 1 fully saturated rings. The Morgan fingerprint density at radius 1 is 1.11 bits per heavy atom. The minimum absolute atomic E-state index is 0.191. The number of alkyl halides is 2. The molecule has 0 bridgehead atoms. The lowest BCUT2D eigenvalue weighted by molar-refractivity contribution is 0.404. The molecule has 0 spiro atoms. The van der Waals surface area contributed by atoms with Gasteiger partial charge in [0.2, 0.25) is 20.8 Å². The Balaban J connectivity index is 2.93. The Labute approximate surface area is 51.8 Å². The molecule has 0 amide bonds. The zero-order valence-corrected chi connectivity index (χ0v) is 5.37. The van der Waals surface area contributed by atoms with Gasteiger partial charge < -0.3 is 0 Å². The van der Waals surface area contributed by atoms with E-state index in [4.69, 9.17) is 0 Å². The van der Waals surface area contributed by atoms with Crippen LogP contribution in [0.1, 0.15) is 12.8 Å². The Bertz CT molecular complexity index is 183. The molecule has 1 rings (SSSR count). The molecule has 2 unspecified atom stereocenters. The first-order chi connectivity index (χ1) is 4.05. The van der Waals surface area contributed by atoms with Crippen LogP contribution in [0.3, 0.4) is 0 Å². The van der Waals surface area contributed by atoms with Crippen molar-refractivity contribution in [3.05, 3.63) is 0 Å². The van der Waals surface area contributed by atoms with Gasteiger partial charge in [-0.05, 0) is 12.8 Å². The van der Waals surface area contributed by atoms with Gasteiger partial charge in [-0.25, -0.2) is 17.2 Å². The molecular weight excluding hydrogens is 150 g/mol. The molecule has 0 aromatic heterocycles. The topological polar surface area (TPSA) is 34.1 Å². The van der Waals surface area contributed by atoms with Crippen molar-refractivity contribution in [1.29, 1.82) is 0 Å². The molecule has 0 aliphatic carbocycles. The van der Waals surface area contributed by atoms with Crippen LogP contribution >= 0.6 is 0 Å². The zero-order chi connectivity index (χ0) is 7.07. The van der Waals surface area contributed by atoms with E-state index in [1.807, 2.05) is 0 Å². The summed E-state index contributed by atoms with van der Waals surface area (Å²) in [5, 5.41) is 0. The summed E-state index contributed by atoms with van der Waals surface area (Å²) >= 11 is 0. The highest BCUT2D eigenvalue weighted by atomic mass is 32.2. The van der Waals surface area contributed by atoms with Gasteiger partial charge in [0, 0.05) is 0 Å². The van der Waals surface area contributed by atoms with Gasteiger partial charge in [-0.2, -0.15) is 0 Å². The summed E-state index contributed by atoms with van der Waals surface area (Å²) in [7, 11) is -4.04. The molecule has 54 valence electrons. The molecule has 5 heteroatoms. The first-order valence-corrected chi connectivity index (χ1v) is 4.17. The number of rotatable bonds is 0. The van der Waals surface area contributed by atoms with Crippen LogP contribution < -0.4 is 0 Å². The van der Waals surface area contributed by atoms with Gasteiger partial charge in [0.25, 0.3) is 0 Å². The maximum Gasteiger partial charge on any atom is 0.214 e. The van der Waals surface area contributed by atoms with E-state index < -0.39 is 20.8 Å². The highest BCUT2D eigenvalue weighted by molar-refractivity contribution is 7.92. The van der Waals surface area contributed by atoms with Crippen LogP contribution in [0, 0.1) is 0 Å². The standard InChI is InChI=1S/C4H6F2O2S/c5-3-1-2-4(6)9(3,7)8/h3-4H,1-2H2. The molecule has 1 aliphatic rings. The molecule has 9 heavy (non-hydrogen) atoms. The van der Waals surface area contributed by atoms with Crippen molar-refractivity contribution >= 4 is 9.84 Å². The van der Waals surface area contributed by atoms with Crippen molar-refractivity contribution in [2.75, 3.05) is 0 Å². The van der Waals surface area contributed by atoms with Gasteiger partial charge in [0.05, 0.1) is 0 Å². The van der Waals surface area contributed by atoms with E-state index in [9.17, 15) is 17.2 Å². The van der Waals surface area contributed by atoms with Crippen molar-refractivity contribution in [2.45, 2.75) is 23.8 Å². The van der Waals surface area contributed by atoms with Crippen molar-refractivity contribution in [3.8, 4) is 0 Å². The minimum Gasteiger partial charge on any atom is -0.230 e. The third-order valence-electron chi connectivity index (χ3n) is 1.33. The molecule has 0 aromatic rings. The summed E-state index contributed by atoms with van der Waals surface area (Å²) in [6, 6.07) is 0. The molecule has 1 heterocycles. The fourth-order valence-corrected chi connectivity index (χ4v) is 2.00. The zero-order valence-electron chi connectivity index (χ0n) is 4.55. The smallest absolute Gasteiger partial charge is 0.214 e. The quantitative estimate of drug-likeness (QED) is 0.519. The molecule has 2 atom stereocenters. The highest BCUT2D eigenvalue weighted by Crippen LogP contribution is 2.28. The summed E-state index contributed by atoms with van der Waals surface area (Å²) in [5.74, 6) is 0. The molecule has 0 saturated carbocycles. The molecule has 0 radical (unpaired) electrons. The van der Waals surface area contributed by atoms with E-state index in [0.717, 1.165) is 0 Å². The van der Waals surface area contributed by atoms with Gasteiger partial charge in [0.1, 0.15) is 0 Å². The Morgan fingerprint density at radius 3 is 1.56 bits per heavy atom. The van der Waals surface area contributed by atoms with Crippen LogP contribution in [-0.2, 0) is 9.84 Å².